The lowest BCUT2D eigenvalue weighted by Gasteiger charge is -2.21. The van der Waals surface area contributed by atoms with Gasteiger partial charge in [-0.3, -0.25) is 4.79 Å². The first-order valence-corrected chi connectivity index (χ1v) is 5.11. The van der Waals surface area contributed by atoms with Gasteiger partial charge in [0.25, 0.3) is 0 Å². The first-order chi connectivity index (χ1) is 8.10. The SMILES string of the molecule is COC(=O)C(C)CN(C)c1nnccc1C#N. The zero-order valence-electron chi connectivity index (χ0n) is 10.0. The van der Waals surface area contributed by atoms with Gasteiger partial charge in [0.15, 0.2) is 5.82 Å². The topological polar surface area (TPSA) is 79.1 Å². The van der Waals surface area contributed by atoms with E-state index in [1.54, 1.807) is 24.9 Å². The summed E-state index contributed by atoms with van der Waals surface area (Å²) < 4.78 is 4.64. The Labute approximate surface area is 99.8 Å². The van der Waals surface area contributed by atoms with Gasteiger partial charge in [-0.1, -0.05) is 6.92 Å². The first kappa shape index (κ1) is 12.9. The molecule has 1 aromatic rings. The molecule has 17 heavy (non-hydrogen) atoms. The van der Waals surface area contributed by atoms with Crippen LogP contribution in [0.15, 0.2) is 12.3 Å². The maximum atomic E-state index is 11.3. The van der Waals surface area contributed by atoms with Crippen LogP contribution in [0.2, 0.25) is 0 Å². The molecule has 0 aliphatic carbocycles. The number of methoxy groups -OCH3 is 1. The number of aromatic nitrogens is 2. The predicted octanol–water partition coefficient (Wildman–Crippen LogP) is 0.594. The Hall–Kier alpha value is -2.16. The summed E-state index contributed by atoms with van der Waals surface area (Å²) in [5.74, 6) is -0.122. The highest BCUT2D eigenvalue weighted by atomic mass is 16.5. The van der Waals surface area contributed by atoms with E-state index in [-0.39, 0.29) is 11.9 Å². The molecule has 1 aromatic heterocycles. The van der Waals surface area contributed by atoms with Crippen LogP contribution in [0.25, 0.3) is 0 Å². The maximum Gasteiger partial charge on any atom is 0.310 e. The molecule has 0 aliphatic heterocycles. The van der Waals surface area contributed by atoms with E-state index < -0.39 is 0 Å². The summed E-state index contributed by atoms with van der Waals surface area (Å²) in [5, 5.41) is 16.5. The fourth-order valence-corrected chi connectivity index (χ4v) is 1.47. The van der Waals surface area contributed by atoms with E-state index in [2.05, 4.69) is 14.9 Å². The van der Waals surface area contributed by atoms with Crippen LogP contribution in [0, 0.1) is 17.2 Å². The summed E-state index contributed by atoms with van der Waals surface area (Å²) in [5.41, 5.74) is 0.430. The van der Waals surface area contributed by atoms with E-state index in [1.165, 1.54) is 13.3 Å². The van der Waals surface area contributed by atoms with E-state index in [0.29, 0.717) is 17.9 Å². The second-order valence-corrected chi connectivity index (χ2v) is 3.69. The lowest BCUT2D eigenvalue weighted by molar-refractivity contribution is -0.144. The van der Waals surface area contributed by atoms with E-state index in [9.17, 15) is 4.79 Å². The Morgan fingerprint density at radius 2 is 2.41 bits per heavy atom. The van der Waals surface area contributed by atoms with E-state index >= 15 is 0 Å². The minimum absolute atomic E-state index is 0.292. The van der Waals surface area contributed by atoms with Crippen molar-refractivity contribution in [1.82, 2.24) is 10.2 Å². The average molecular weight is 234 g/mol. The molecule has 6 heteroatoms. The monoisotopic (exact) mass is 234 g/mol. The average Bonchev–Trinajstić information content (AvgIpc) is 2.37. The lowest BCUT2D eigenvalue weighted by Crippen LogP contribution is -2.30. The molecular weight excluding hydrogens is 220 g/mol. The molecule has 0 fully saturated rings. The number of carbonyl (C=O) groups excluding carboxylic acids is 1. The summed E-state index contributed by atoms with van der Waals surface area (Å²) in [6.07, 6.45) is 1.46. The van der Waals surface area contributed by atoms with Gasteiger partial charge in [0, 0.05) is 13.6 Å². The minimum atomic E-state index is -0.293. The third-order valence-electron chi connectivity index (χ3n) is 2.33. The zero-order valence-corrected chi connectivity index (χ0v) is 10.0. The standard InChI is InChI=1S/C11H14N4O2/c1-8(11(16)17-3)7-15(2)10-9(6-12)4-5-13-14-10/h4-5,8H,7H2,1-3H3. The van der Waals surface area contributed by atoms with Gasteiger partial charge in [-0.15, -0.1) is 5.10 Å². The third-order valence-corrected chi connectivity index (χ3v) is 2.33. The number of nitrogens with zero attached hydrogens (tertiary/aromatic N) is 4. The van der Waals surface area contributed by atoms with Gasteiger partial charge in [0.05, 0.1) is 24.8 Å². The van der Waals surface area contributed by atoms with Crippen molar-refractivity contribution in [1.29, 1.82) is 5.26 Å². The Bertz CT molecular complexity index is 441. The number of nitriles is 1. The largest absolute Gasteiger partial charge is 0.469 e. The number of carbonyl (C=O) groups is 1. The zero-order chi connectivity index (χ0) is 12.8. The molecule has 0 spiro atoms. The summed E-state index contributed by atoms with van der Waals surface area (Å²) in [4.78, 5) is 13.0. The molecule has 0 radical (unpaired) electrons. The quantitative estimate of drug-likeness (QED) is 0.709. The van der Waals surface area contributed by atoms with Crippen molar-refractivity contribution in [3.05, 3.63) is 17.8 Å². The van der Waals surface area contributed by atoms with Crippen molar-refractivity contribution >= 4 is 11.8 Å². The minimum Gasteiger partial charge on any atom is -0.469 e. The molecule has 0 N–H and O–H groups in total. The Balaban J connectivity index is 2.80. The fraction of sp³-hybridized carbons (Fsp3) is 0.455. The van der Waals surface area contributed by atoms with Gasteiger partial charge in [0.2, 0.25) is 0 Å². The van der Waals surface area contributed by atoms with Crippen LogP contribution in [-0.4, -0.2) is 36.9 Å². The van der Waals surface area contributed by atoms with E-state index in [0.717, 1.165) is 0 Å². The van der Waals surface area contributed by atoms with E-state index in [4.69, 9.17) is 5.26 Å². The number of hydrogen-bond donors (Lipinski definition) is 0. The van der Waals surface area contributed by atoms with Crippen LogP contribution in [-0.2, 0) is 9.53 Å². The molecule has 6 nitrogen and oxygen atoms in total. The molecule has 1 unspecified atom stereocenters. The summed E-state index contributed by atoms with van der Waals surface area (Å²) >= 11 is 0. The predicted molar refractivity (Wildman–Crippen MR) is 61.2 cm³/mol. The third kappa shape index (κ3) is 3.14. The fourth-order valence-electron chi connectivity index (χ4n) is 1.47. The molecule has 1 heterocycles. The summed E-state index contributed by atoms with van der Waals surface area (Å²) in [7, 11) is 3.10. The van der Waals surface area contributed by atoms with Gasteiger partial charge >= 0.3 is 5.97 Å². The van der Waals surface area contributed by atoms with Crippen molar-refractivity contribution < 1.29 is 9.53 Å². The summed E-state index contributed by atoms with van der Waals surface area (Å²) in [6.45, 7) is 2.17. The highest BCUT2D eigenvalue weighted by Crippen LogP contribution is 2.15. The van der Waals surface area contributed by atoms with Crippen molar-refractivity contribution in [3.8, 4) is 6.07 Å². The second-order valence-electron chi connectivity index (χ2n) is 3.69. The Kier molecular flexibility index (Phi) is 4.40. The molecule has 1 rings (SSSR count). The smallest absolute Gasteiger partial charge is 0.310 e. The van der Waals surface area contributed by atoms with E-state index in [1.807, 2.05) is 6.07 Å². The Morgan fingerprint density at radius 3 is 3.00 bits per heavy atom. The van der Waals surface area contributed by atoms with Gasteiger partial charge < -0.3 is 9.64 Å². The second kappa shape index (κ2) is 5.80. The highest BCUT2D eigenvalue weighted by Gasteiger charge is 2.18. The number of hydrogen-bond acceptors (Lipinski definition) is 6. The number of ether oxygens (including phenoxy) is 1. The molecule has 90 valence electrons. The summed E-state index contributed by atoms with van der Waals surface area (Å²) in [6, 6.07) is 3.62. The van der Waals surface area contributed by atoms with Crippen LogP contribution in [0.3, 0.4) is 0 Å². The molecule has 0 saturated heterocycles. The van der Waals surface area contributed by atoms with Gasteiger partial charge in [0.1, 0.15) is 6.07 Å². The van der Waals surface area contributed by atoms with Gasteiger partial charge in [-0.05, 0) is 6.07 Å². The number of esters is 1. The molecule has 0 saturated carbocycles. The molecule has 0 bridgehead atoms. The normalized spacial score (nSPS) is 11.4. The molecule has 0 aromatic carbocycles. The molecule has 0 aliphatic rings. The van der Waals surface area contributed by atoms with Crippen LogP contribution in [0.5, 0.6) is 0 Å². The first-order valence-electron chi connectivity index (χ1n) is 5.11. The highest BCUT2D eigenvalue weighted by molar-refractivity contribution is 5.72. The van der Waals surface area contributed by atoms with Gasteiger partial charge in [-0.2, -0.15) is 10.4 Å². The number of rotatable bonds is 4. The lowest BCUT2D eigenvalue weighted by atomic mass is 10.1. The van der Waals surface area contributed by atoms with Crippen molar-refractivity contribution in [2.24, 2.45) is 5.92 Å². The van der Waals surface area contributed by atoms with Crippen LogP contribution in [0.1, 0.15) is 12.5 Å². The van der Waals surface area contributed by atoms with Crippen molar-refractivity contribution in [2.45, 2.75) is 6.92 Å². The molecule has 0 amide bonds. The maximum absolute atomic E-state index is 11.3. The van der Waals surface area contributed by atoms with Crippen LogP contribution >= 0.6 is 0 Å². The van der Waals surface area contributed by atoms with Crippen molar-refractivity contribution in [3.63, 3.8) is 0 Å². The Morgan fingerprint density at radius 1 is 1.71 bits per heavy atom. The number of anilines is 1. The molecule has 1 atom stereocenters. The van der Waals surface area contributed by atoms with Crippen LogP contribution < -0.4 is 4.90 Å². The van der Waals surface area contributed by atoms with Crippen molar-refractivity contribution in [2.75, 3.05) is 25.6 Å². The van der Waals surface area contributed by atoms with Crippen LogP contribution in [0.4, 0.5) is 5.82 Å². The van der Waals surface area contributed by atoms with Gasteiger partial charge in [-0.25, -0.2) is 0 Å². The molecular formula is C11H14N4O2.